The summed E-state index contributed by atoms with van der Waals surface area (Å²) in [4.78, 5) is 11.6. The third-order valence-electron chi connectivity index (χ3n) is 4.78. The fourth-order valence-electron chi connectivity index (χ4n) is 3.66. The fourth-order valence-corrected chi connectivity index (χ4v) is 3.66. The van der Waals surface area contributed by atoms with Gasteiger partial charge in [0.2, 0.25) is 0 Å². The molecule has 0 radical (unpaired) electrons. The lowest BCUT2D eigenvalue weighted by molar-refractivity contribution is -0.139. The number of hydrogen-bond acceptors (Lipinski definition) is 3. The van der Waals surface area contributed by atoms with Crippen LogP contribution in [0.5, 0.6) is 0 Å². The first-order valence-electron chi connectivity index (χ1n) is 6.43. The van der Waals surface area contributed by atoms with Gasteiger partial charge in [-0.25, -0.2) is 4.79 Å². The molecule has 2 aliphatic carbocycles. The summed E-state index contributed by atoms with van der Waals surface area (Å²) < 4.78 is 5.36. The van der Waals surface area contributed by atoms with E-state index in [1.54, 1.807) is 0 Å². The zero-order chi connectivity index (χ0) is 13.0. The van der Waals surface area contributed by atoms with Gasteiger partial charge in [0, 0.05) is 17.9 Å². The molecule has 1 aliphatic heterocycles. The van der Waals surface area contributed by atoms with E-state index in [0.29, 0.717) is 18.4 Å². The van der Waals surface area contributed by atoms with E-state index < -0.39 is 6.10 Å². The van der Waals surface area contributed by atoms with Gasteiger partial charge in [-0.1, -0.05) is 25.3 Å². The average Bonchev–Trinajstić information content (AvgIpc) is 2.68. The van der Waals surface area contributed by atoms with E-state index in [1.165, 1.54) is 0 Å². The smallest absolute Gasteiger partial charge is 0.334 e. The average molecular weight is 246 g/mol. The van der Waals surface area contributed by atoms with Gasteiger partial charge in [0.15, 0.2) is 0 Å². The van der Waals surface area contributed by atoms with E-state index in [-0.39, 0.29) is 29.8 Å². The first-order chi connectivity index (χ1) is 8.49. The molecule has 0 aromatic rings. The molecule has 3 heteroatoms. The molecule has 3 fully saturated rings. The summed E-state index contributed by atoms with van der Waals surface area (Å²) in [5.41, 5.74) is 2.53. The minimum absolute atomic E-state index is 0.0614. The van der Waals surface area contributed by atoms with Crippen LogP contribution in [-0.4, -0.2) is 23.3 Å². The molecule has 0 aromatic carbocycles. The molecular formula is C15H18O3. The topological polar surface area (TPSA) is 46.5 Å². The normalized spacial score (nSPS) is 43.5. The van der Waals surface area contributed by atoms with Gasteiger partial charge in [0.25, 0.3) is 0 Å². The van der Waals surface area contributed by atoms with Crippen LogP contribution in [0.15, 0.2) is 36.5 Å². The van der Waals surface area contributed by atoms with Crippen molar-refractivity contribution >= 4 is 5.97 Å². The van der Waals surface area contributed by atoms with Crippen LogP contribution in [0.1, 0.15) is 19.3 Å². The van der Waals surface area contributed by atoms with Gasteiger partial charge in [0.05, 0.1) is 6.10 Å². The fraction of sp³-hybridized carbons (Fsp3) is 0.533. The third-order valence-corrected chi connectivity index (χ3v) is 4.78. The van der Waals surface area contributed by atoms with Crippen molar-refractivity contribution in [3.8, 4) is 0 Å². The van der Waals surface area contributed by atoms with E-state index in [4.69, 9.17) is 4.74 Å². The van der Waals surface area contributed by atoms with E-state index in [2.05, 4.69) is 19.7 Å². The quantitative estimate of drug-likeness (QED) is 0.404. The van der Waals surface area contributed by atoms with Gasteiger partial charge in [0.1, 0.15) is 6.10 Å². The molecule has 0 amide bonds. The minimum Gasteiger partial charge on any atom is -0.458 e. The highest BCUT2D eigenvalue weighted by atomic mass is 16.6. The van der Waals surface area contributed by atoms with Crippen LogP contribution < -0.4 is 0 Å². The summed E-state index contributed by atoms with van der Waals surface area (Å²) in [7, 11) is 0. The van der Waals surface area contributed by atoms with Crippen molar-refractivity contribution in [3.05, 3.63) is 36.5 Å². The standard InChI is InChI=1S/C15H18O3/c1-7-4-14-12(9(3)15(17)18-14)5-11-8(2)13(16)6-10(7)11/h10-14,16H,1-6H2/t10-,11-,12+,13-,14-/m0/s1. The van der Waals surface area contributed by atoms with Crippen molar-refractivity contribution in [2.24, 2.45) is 17.8 Å². The molecule has 5 atom stereocenters. The van der Waals surface area contributed by atoms with Crippen LogP contribution in [0.2, 0.25) is 0 Å². The highest BCUT2D eigenvalue weighted by Crippen LogP contribution is 2.50. The summed E-state index contributed by atoms with van der Waals surface area (Å²) in [6, 6.07) is 0. The predicted molar refractivity (Wildman–Crippen MR) is 67.6 cm³/mol. The Kier molecular flexibility index (Phi) is 2.49. The molecular weight excluding hydrogens is 228 g/mol. The molecule has 1 N–H and O–H groups in total. The maximum Gasteiger partial charge on any atom is 0.334 e. The molecule has 3 aliphatic rings. The van der Waals surface area contributed by atoms with Crippen LogP contribution in [0.25, 0.3) is 0 Å². The molecule has 0 aromatic heterocycles. The lowest BCUT2D eigenvalue weighted by atomic mass is 9.83. The second-order valence-corrected chi connectivity index (χ2v) is 5.71. The molecule has 1 heterocycles. The molecule has 0 unspecified atom stereocenters. The summed E-state index contributed by atoms with van der Waals surface area (Å²) in [6.45, 7) is 12.0. The molecule has 0 spiro atoms. The third kappa shape index (κ3) is 1.50. The van der Waals surface area contributed by atoms with Crippen LogP contribution in [0.3, 0.4) is 0 Å². The minimum atomic E-state index is -0.431. The van der Waals surface area contributed by atoms with Crippen molar-refractivity contribution < 1.29 is 14.6 Å². The number of ether oxygens (including phenoxy) is 1. The molecule has 3 nitrogen and oxygen atoms in total. The van der Waals surface area contributed by atoms with Gasteiger partial charge in [-0.2, -0.15) is 0 Å². The van der Waals surface area contributed by atoms with Crippen LogP contribution in [-0.2, 0) is 9.53 Å². The van der Waals surface area contributed by atoms with Crippen molar-refractivity contribution in [2.45, 2.75) is 31.5 Å². The zero-order valence-electron chi connectivity index (χ0n) is 10.4. The van der Waals surface area contributed by atoms with Crippen LogP contribution in [0, 0.1) is 17.8 Å². The Morgan fingerprint density at radius 2 is 1.83 bits per heavy atom. The van der Waals surface area contributed by atoms with Gasteiger partial charge in [-0.3, -0.25) is 0 Å². The van der Waals surface area contributed by atoms with Gasteiger partial charge in [-0.05, 0) is 30.3 Å². The molecule has 18 heavy (non-hydrogen) atoms. The molecule has 96 valence electrons. The SMILES string of the molecule is C=C1C(=O)O[C@H]2CC(=C)[C@@H]3C[C@H](O)C(=C)[C@@H]3C[C@H]12. The Hall–Kier alpha value is -1.35. The van der Waals surface area contributed by atoms with E-state index in [1.807, 2.05) is 0 Å². The van der Waals surface area contributed by atoms with Gasteiger partial charge in [-0.15, -0.1) is 0 Å². The number of aliphatic hydroxyl groups excluding tert-OH is 1. The maximum absolute atomic E-state index is 11.6. The van der Waals surface area contributed by atoms with E-state index >= 15 is 0 Å². The number of carbonyl (C=O) groups excluding carboxylic acids is 1. The first-order valence-corrected chi connectivity index (χ1v) is 6.43. The lowest BCUT2D eigenvalue weighted by Crippen LogP contribution is -2.17. The lowest BCUT2D eigenvalue weighted by Gasteiger charge is -2.19. The second-order valence-electron chi connectivity index (χ2n) is 5.71. The summed E-state index contributed by atoms with van der Waals surface area (Å²) in [5, 5.41) is 9.94. The van der Waals surface area contributed by atoms with Crippen LogP contribution >= 0.6 is 0 Å². The van der Waals surface area contributed by atoms with Crippen molar-refractivity contribution in [3.63, 3.8) is 0 Å². The molecule has 3 rings (SSSR count). The Labute approximate surface area is 107 Å². The van der Waals surface area contributed by atoms with Gasteiger partial charge >= 0.3 is 5.97 Å². The number of aliphatic hydroxyl groups is 1. The predicted octanol–water partition coefficient (Wildman–Crippen LogP) is 1.99. The highest BCUT2D eigenvalue weighted by Gasteiger charge is 2.48. The summed E-state index contributed by atoms with van der Waals surface area (Å²) in [6.07, 6.45) is 1.67. The second kappa shape index (κ2) is 3.82. The van der Waals surface area contributed by atoms with Crippen molar-refractivity contribution in [2.75, 3.05) is 0 Å². The largest absolute Gasteiger partial charge is 0.458 e. The molecule has 2 saturated carbocycles. The van der Waals surface area contributed by atoms with Gasteiger partial charge < -0.3 is 9.84 Å². The van der Waals surface area contributed by atoms with Crippen molar-refractivity contribution in [1.82, 2.24) is 0 Å². The Morgan fingerprint density at radius 1 is 1.11 bits per heavy atom. The molecule has 0 bridgehead atoms. The summed E-state index contributed by atoms with van der Waals surface area (Å²) in [5.74, 6) is 0.282. The number of esters is 1. The van der Waals surface area contributed by atoms with Crippen LogP contribution in [0.4, 0.5) is 0 Å². The number of carbonyl (C=O) groups is 1. The monoisotopic (exact) mass is 246 g/mol. The Balaban J connectivity index is 1.93. The Morgan fingerprint density at radius 3 is 2.56 bits per heavy atom. The highest BCUT2D eigenvalue weighted by molar-refractivity contribution is 5.90. The number of fused-ring (bicyclic) bond motifs is 2. The number of rotatable bonds is 0. The van der Waals surface area contributed by atoms with E-state index in [0.717, 1.165) is 17.6 Å². The first kappa shape index (κ1) is 11.7. The molecule has 1 saturated heterocycles. The van der Waals surface area contributed by atoms with Crippen molar-refractivity contribution in [1.29, 1.82) is 0 Å². The Bertz CT molecular complexity index is 462. The summed E-state index contributed by atoms with van der Waals surface area (Å²) >= 11 is 0. The van der Waals surface area contributed by atoms with E-state index in [9.17, 15) is 9.90 Å². The number of hydrogen-bond donors (Lipinski definition) is 1. The zero-order valence-corrected chi connectivity index (χ0v) is 10.4. The maximum atomic E-state index is 11.6.